The van der Waals surface area contributed by atoms with Crippen molar-refractivity contribution < 1.29 is 27.3 Å². The van der Waals surface area contributed by atoms with E-state index in [1.165, 1.54) is 24.3 Å². The molecule has 0 radical (unpaired) electrons. The molecule has 1 unspecified atom stereocenters. The summed E-state index contributed by atoms with van der Waals surface area (Å²) in [5, 5.41) is 8.64. The summed E-state index contributed by atoms with van der Waals surface area (Å²) in [4.78, 5) is 27.4. The highest BCUT2D eigenvalue weighted by Crippen LogP contribution is 2.29. The van der Waals surface area contributed by atoms with Crippen molar-refractivity contribution in [2.45, 2.75) is 26.1 Å². The molecule has 0 aliphatic carbocycles. The van der Waals surface area contributed by atoms with Gasteiger partial charge in [0, 0.05) is 23.1 Å². The Kier molecular flexibility index (Phi) is 4.21. The lowest BCUT2D eigenvalue weighted by Gasteiger charge is -2.24. The van der Waals surface area contributed by atoms with Gasteiger partial charge < -0.3 is 15.2 Å². The van der Waals surface area contributed by atoms with Crippen molar-refractivity contribution in [3.8, 4) is 11.4 Å². The van der Waals surface area contributed by atoms with E-state index in [4.69, 9.17) is 0 Å². The van der Waals surface area contributed by atoms with Gasteiger partial charge in [0.2, 0.25) is 11.7 Å². The summed E-state index contributed by atoms with van der Waals surface area (Å²) >= 11 is 0. The van der Waals surface area contributed by atoms with Crippen molar-refractivity contribution in [3.05, 3.63) is 35.7 Å². The quantitative estimate of drug-likeness (QED) is 0.864. The predicted molar refractivity (Wildman–Crippen MR) is 82.8 cm³/mol. The molecule has 0 saturated carbocycles. The molecular formula is C16H15F3N4O3. The van der Waals surface area contributed by atoms with Crippen LogP contribution in [-0.2, 0) is 11.0 Å². The summed E-state index contributed by atoms with van der Waals surface area (Å²) in [5.74, 6) is -2.40. The van der Waals surface area contributed by atoms with Crippen LogP contribution in [0.1, 0.15) is 30.1 Å². The highest BCUT2D eigenvalue weighted by atomic mass is 19.4. The number of carbonyl (C=O) groups is 2. The molecule has 1 saturated heterocycles. The van der Waals surface area contributed by atoms with E-state index in [0.717, 1.165) is 0 Å². The molecule has 26 heavy (non-hydrogen) atoms. The Hall–Kier alpha value is -2.91. The van der Waals surface area contributed by atoms with Gasteiger partial charge >= 0.3 is 12.1 Å². The Balaban J connectivity index is 1.74. The first kappa shape index (κ1) is 17.9. The van der Waals surface area contributed by atoms with Crippen molar-refractivity contribution in [1.82, 2.24) is 20.8 Å². The van der Waals surface area contributed by atoms with Crippen molar-refractivity contribution >= 4 is 11.8 Å². The molecule has 1 atom stereocenters. The maximum absolute atomic E-state index is 12.5. The van der Waals surface area contributed by atoms with Gasteiger partial charge in [-0.05, 0) is 12.1 Å². The minimum Gasteiger partial charge on any atom is -0.354 e. The first-order chi connectivity index (χ1) is 12.1. The average Bonchev–Trinajstić information content (AvgIpc) is 3.16. The molecular weight excluding hydrogens is 353 g/mol. The third-order valence-corrected chi connectivity index (χ3v) is 4.11. The van der Waals surface area contributed by atoms with Crippen LogP contribution in [0.4, 0.5) is 13.2 Å². The predicted octanol–water partition coefficient (Wildman–Crippen LogP) is 2.01. The van der Waals surface area contributed by atoms with Crippen molar-refractivity contribution in [2.24, 2.45) is 5.41 Å². The lowest BCUT2D eigenvalue weighted by Crippen LogP contribution is -2.46. The zero-order valence-electron chi connectivity index (χ0n) is 13.8. The number of alkyl halides is 3. The van der Waals surface area contributed by atoms with Crippen LogP contribution in [0.15, 0.2) is 28.8 Å². The smallest absolute Gasteiger partial charge is 0.354 e. The standard InChI is InChI=1S/C16H15F3N4O3/c1-15(2)7-20-13(25)10(15)21-12(24)9-5-3-8(4-6-9)11-22-14(26-23-11)16(17,18)19/h3-6,10H,7H2,1-2H3,(H,20,25)(H,21,24). The first-order valence-corrected chi connectivity index (χ1v) is 7.68. The summed E-state index contributed by atoms with van der Waals surface area (Å²) in [6.45, 7) is 4.16. The second-order valence-corrected chi connectivity index (χ2v) is 6.61. The van der Waals surface area contributed by atoms with Gasteiger partial charge in [-0.2, -0.15) is 18.2 Å². The van der Waals surface area contributed by atoms with E-state index >= 15 is 0 Å². The van der Waals surface area contributed by atoms with Gasteiger partial charge in [-0.15, -0.1) is 0 Å². The summed E-state index contributed by atoms with van der Waals surface area (Å²) in [6.07, 6.45) is -4.72. The Bertz CT molecular complexity index is 843. The largest absolute Gasteiger partial charge is 0.471 e. The maximum Gasteiger partial charge on any atom is 0.471 e. The lowest BCUT2D eigenvalue weighted by molar-refractivity contribution is -0.159. The van der Waals surface area contributed by atoms with Gasteiger partial charge in [-0.3, -0.25) is 9.59 Å². The fourth-order valence-corrected chi connectivity index (χ4v) is 2.58. The van der Waals surface area contributed by atoms with E-state index in [2.05, 4.69) is 25.3 Å². The second kappa shape index (κ2) is 6.11. The molecule has 0 bridgehead atoms. The highest BCUT2D eigenvalue weighted by molar-refractivity contribution is 5.98. The molecule has 3 rings (SSSR count). The molecule has 2 heterocycles. The average molecular weight is 368 g/mol. The van der Waals surface area contributed by atoms with Gasteiger partial charge in [0.15, 0.2) is 0 Å². The molecule has 1 aliphatic rings. The molecule has 1 aromatic heterocycles. The van der Waals surface area contributed by atoms with Crippen LogP contribution in [0, 0.1) is 5.41 Å². The third kappa shape index (κ3) is 3.39. The van der Waals surface area contributed by atoms with Crippen LogP contribution >= 0.6 is 0 Å². The number of hydrogen-bond donors (Lipinski definition) is 2. The Labute approximate surface area is 146 Å². The molecule has 0 spiro atoms. The molecule has 2 amide bonds. The number of aromatic nitrogens is 2. The van der Waals surface area contributed by atoms with Crippen LogP contribution in [0.5, 0.6) is 0 Å². The summed E-state index contributed by atoms with van der Waals surface area (Å²) in [5.41, 5.74) is 0.0919. The maximum atomic E-state index is 12.5. The normalized spacial score (nSPS) is 19.3. The van der Waals surface area contributed by atoms with E-state index in [1.807, 2.05) is 13.8 Å². The number of amides is 2. The molecule has 1 fully saturated rings. The molecule has 138 valence electrons. The van der Waals surface area contributed by atoms with Crippen molar-refractivity contribution in [1.29, 1.82) is 0 Å². The van der Waals surface area contributed by atoms with Crippen molar-refractivity contribution in [3.63, 3.8) is 0 Å². The van der Waals surface area contributed by atoms with E-state index in [-0.39, 0.29) is 22.9 Å². The summed E-state index contributed by atoms with van der Waals surface area (Å²) < 4.78 is 41.7. The zero-order valence-corrected chi connectivity index (χ0v) is 13.8. The van der Waals surface area contributed by atoms with E-state index < -0.39 is 29.4 Å². The second-order valence-electron chi connectivity index (χ2n) is 6.61. The molecule has 10 heteroatoms. The number of halogens is 3. The molecule has 7 nitrogen and oxygen atoms in total. The zero-order chi connectivity index (χ0) is 19.1. The first-order valence-electron chi connectivity index (χ1n) is 7.68. The van der Waals surface area contributed by atoms with Crippen molar-refractivity contribution in [2.75, 3.05) is 6.54 Å². The fourth-order valence-electron chi connectivity index (χ4n) is 2.58. The number of carbonyl (C=O) groups excluding carboxylic acids is 2. The summed E-state index contributed by atoms with van der Waals surface area (Å²) in [7, 11) is 0. The minimum atomic E-state index is -4.72. The van der Waals surface area contributed by atoms with Gasteiger partial charge in [0.1, 0.15) is 6.04 Å². The van der Waals surface area contributed by atoms with Gasteiger partial charge in [0.05, 0.1) is 0 Å². The number of benzene rings is 1. The number of rotatable bonds is 3. The van der Waals surface area contributed by atoms with Gasteiger partial charge in [0.25, 0.3) is 5.91 Å². The number of nitrogens with zero attached hydrogens (tertiary/aromatic N) is 2. The van der Waals surface area contributed by atoms with E-state index in [9.17, 15) is 22.8 Å². The number of nitrogens with one attached hydrogen (secondary N) is 2. The highest BCUT2D eigenvalue weighted by Gasteiger charge is 2.42. The molecule has 1 aromatic carbocycles. The van der Waals surface area contributed by atoms with Crippen LogP contribution in [0.3, 0.4) is 0 Å². The molecule has 2 N–H and O–H groups in total. The van der Waals surface area contributed by atoms with Gasteiger partial charge in [-0.1, -0.05) is 31.1 Å². The third-order valence-electron chi connectivity index (χ3n) is 4.11. The van der Waals surface area contributed by atoms with Crippen LogP contribution < -0.4 is 10.6 Å². The Morgan fingerprint density at radius 1 is 1.31 bits per heavy atom. The molecule has 1 aliphatic heterocycles. The Morgan fingerprint density at radius 2 is 1.96 bits per heavy atom. The van der Waals surface area contributed by atoms with Gasteiger partial charge in [-0.25, -0.2) is 0 Å². The summed E-state index contributed by atoms with van der Waals surface area (Å²) in [6, 6.07) is 4.96. The SMILES string of the molecule is CC1(C)CNC(=O)C1NC(=O)c1ccc(-c2noc(C(F)(F)F)n2)cc1. The van der Waals surface area contributed by atoms with Crippen LogP contribution in [0.25, 0.3) is 11.4 Å². The molecule has 2 aromatic rings. The Morgan fingerprint density at radius 3 is 2.46 bits per heavy atom. The lowest BCUT2D eigenvalue weighted by atomic mass is 9.87. The van der Waals surface area contributed by atoms with Crippen LogP contribution in [0.2, 0.25) is 0 Å². The minimum absolute atomic E-state index is 0.236. The fraction of sp³-hybridized carbons (Fsp3) is 0.375. The monoisotopic (exact) mass is 368 g/mol. The number of hydrogen-bond acceptors (Lipinski definition) is 5. The van der Waals surface area contributed by atoms with E-state index in [1.54, 1.807) is 0 Å². The van der Waals surface area contributed by atoms with Crippen LogP contribution in [-0.4, -0.2) is 34.5 Å². The van der Waals surface area contributed by atoms with E-state index in [0.29, 0.717) is 6.54 Å². The topological polar surface area (TPSA) is 97.1 Å².